The SMILES string of the molecule is COc1c(C)cc(CN(C)Cc2ccc(-n3cccn3)cc2)cc1C. The molecule has 0 fully saturated rings. The topological polar surface area (TPSA) is 30.3 Å². The van der Waals surface area contributed by atoms with Crippen molar-refractivity contribution >= 4 is 0 Å². The number of hydrogen-bond donors (Lipinski definition) is 0. The molecule has 0 N–H and O–H groups in total. The van der Waals surface area contributed by atoms with Crippen LogP contribution >= 0.6 is 0 Å². The van der Waals surface area contributed by atoms with Crippen LogP contribution in [-0.2, 0) is 13.1 Å². The predicted octanol–water partition coefficient (Wildman–Crippen LogP) is 4.13. The molecule has 0 aliphatic rings. The van der Waals surface area contributed by atoms with Gasteiger partial charge >= 0.3 is 0 Å². The summed E-state index contributed by atoms with van der Waals surface area (Å²) in [7, 11) is 3.88. The molecular formula is C21H25N3O. The van der Waals surface area contributed by atoms with Crippen molar-refractivity contribution in [2.24, 2.45) is 0 Å². The second kappa shape index (κ2) is 7.53. The van der Waals surface area contributed by atoms with Gasteiger partial charge in [-0.3, -0.25) is 4.90 Å². The van der Waals surface area contributed by atoms with Gasteiger partial charge in [0.1, 0.15) is 5.75 Å². The fourth-order valence-corrected chi connectivity index (χ4v) is 3.31. The number of ether oxygens (including phenoxy) is 1. The Morgan fingerprint density at radius 3 is 2.20 bits per heavy atom. The molecule has 0 atom stereocenters. The second-order valence-electron chi connectivity index (χ2n) is 6.55. The van der Waals surface area contributed by atoms with Gasteiger partial charge in [-0.2, -0.15) is 5.10 Å². The van der Waals surface area contributed by atoms with E-state index >= 15 is 0 Å². The summed E-state index contributed by atoms with van der Waals surface area (Å²) < 4.78 is 7.32. The molecule has 1 heterocycles. The van der Waals surface area contributed by atoms with Crippen LogP contribution in [0.4, 0.5) is 0 Å². The summed E-state index contributed by atoms with van der Waals surface area (Å²) in [5, 5.41) is 4.26. The Bertz CT molecular complexity index is 800. The molecule has 0 amide bonds. The molecule has 3 aromatic rings. The standard InChI is InChI=1S/C21H25N3O/c1-16-12-19(13-17(2)21(16)25-4)15-23(3)14-18-6-8-20(9-7-18)24-11-5-10-22-24/h5-13H,14-15H2,1-4H3. The minimum absolute atomic E-state index is 0.906. The van der Waals surface area contributed by atoms with Crippen LogP contribution in [0.25, 0.3) is 5.69 Å². The van der Waals surface area contributed by atoms with Crippen LogP contribution in [0.3, 0.4) is 0 Å². The third-order valence-corrected chi connectivity index (χ3v) is 4.33. The lowest BCUT2D eigenvalue weighted by atomic mass is 10.1. The molecule has 130 valence electrons. The van der Waals surface area contributed by atoms with Gasteiger partial charge in [-0.15, -0.1) is 0 Å². The molecule has 0 aliphatic heterocycles. The first-order valence-electron chi connectivity index (χ1n) is 8.48. The molecular weight excluding hydrogens is 310 g/mol. The Hall–Kier alpha value is -2.59. The second-order valence-corrected chi connectivity index (χ2v) is 6.55. The summed E-state index contributed by atoms with van der Waals surface area (Å²) in [5.41, 5.74) is 6.06. The summed E-state index contributed by atoms with van der Waals surface area (Å²) in [4.78, 5) is 2.32. The molecule has 3 rings (SSSR count). The van der Waals surface area contributed by atoms with Crippen LogP contribution in [0.1, 0.15) is 22.3 Å². The zero-order valence-electron chi connectivity index (χ0n) is 15.4. The van der Waals surface area contributed by atoms with Crippen molar-refractivity contribution in [3.63, 3.8) is 0 Å². The van der Waals surface area contributed by atoms with E-state index in [2.05, 4.69) is 67.3 Å². The van der Waals surface area contributed by atoms with E-state index in [4.69, 9.17) is 4.74 Å². The number of rotatable bonds is 6. The van der Waals surface area contributed by atoms with Crippen molar-refractivity contribution < 1.29 is 4.74 Å². The van der Waals surface area contributed by atoms with Crippen LogP contribution in [0.2, 0.25) is 0 Å². The molecule has 0 radical (unpaired) electrons. The van der Waals surface area contributed by atoms with Crippen molar-refractivity contribution in [2.75, 3.05) is 14.2 Å². The molecule has 4 nitrogen and oxygen atoms in total. The zero-order valence-corrected chi connectivity index (χ0v) is 15.4. The van der Waals surface area contributed by atoms with Crippen LogP contribution in [0.15, 0.2) is 54.9 Å². The highest BCUT2D eigenvalue weighted by atomic mass is 16.5. The van der Waals surface area contributed by atoms with E-state index in [1.54, 1.807) is 13.3 Å². The lowest BCUT2D eigenvalue weighted by molar-refractivity contribution is 0.318. The molecule has 1 aromatic heterocycles. The van der Waals surface area contributed by atoms with Gasteiger partial charge in [-0.1, -0.05) is 24.3 Å². The average molecular weight is 335 g/mol. The summed E-state index contributed by atoms with van der Waals surface area (Å²) in [6, 6.07) is 14.9. The third-order valence-electron chi connectivity index (χ3n) is 4.33. The normalized spacial score (nSPS) is 11.1. The molecule has 0 spiro atoms. The predicted molar refractivity (Wildman–Crippen MR) is 101 cm³/mol. The first-order valence-corrected chi connectivity index (χ1v) is 8.48. The minimum atomic E-state index is 0.906. The molecule has 25 heavy (non-hydrogen) atoms. The Balaban J connectivity index is 1.65. The molecule has 2 aromatic carbocycles. The van der Waals surface area contributed by atoms with E-state index in [-0.39, 0.29) is 0 Å². The van der Waals surface area contributed by atoms with E-state index < -0.39 is 0 Å². The zero-order chi connectivity index (χ0) is 17.8. The monoisotopic (exact) mass is 335 g/mol. The molecule has 0 bridgehead atoms. The molecule has 0 saturated heterocycles. The van der Waals surface area contributed by atoms with E-state index in [0.717, 1.165) is 24.5 Å². The fraction of sp³-hybridized carbons (Fsp3) is 0.286. The highest BCUT2D eigenvalue weighted by molar-refractivity contribution is 5.43. The number of aromatic nitrogens is 2. The maximum atomic E-state index is 5.45. The van der Waals surface area contributed by atoms with E-state index in [9.17, 15) is 0 Å². The number of aryl methyl sites for hydroxylation is 2. The molecule has 0 unspecified atom stereocenters. The van der Waals surface area contributed by atoms with Crippen molar-refractivity contribution in [1.82, 2.24) is 14.7 Å². The maximum absolute atomic E-state index is 5.45. The Morgan fingerprint density at radius 1 is 1.00 bits per heavy atom. The van der Waals surface area contributed by atoms with Gasteiger partial charge in [0, 0.05) is 25.5 Å². The lowest BCUT2D eigenvalue weighted by Crippen LogP contribution is -2.17. The fourth-order valence-electron chi connectivity index (χ4n) is 3.31. The van der Waals surface area contributed by atoms with Crippen molar-refractivity contribution in [1.29, 1.82) is 0 Å². The summed E-state index contributed by atoms with van der Waals surface area (Å²) >= 11 is 0. The van der Waals surface area contributed by atoms with Crippen LogP contribution in [-0.4, -0.2) is 28.8 Å². The van der Waals surface area contributed by atoms with Crippen molar-refractivity contribution in [3.05, 3.63) is 77.1 Å². The van der Waals surface area contributed by atoms with Crippen LogP contribution < -0.4 is 4.74 Å². The maximum Gasteiger partial charge on any atom is 0.124 e. The number of nitrogens with zero attached hydrogens (tertiary/aromatic N) is 3. The Morgan fingerprint density at radius 2 is 1.64 bits per heavy atom. The number of benzene rings is 2. The first-order chi connectivity index (χ1) is 12.1. The number of methoxy groups -OCH3 is 1. The highest BCUT2D eigenvalue weighted by Gasteiger charge is 2.08. The highest BCUT2D eigenvalue weighted by Crippen LogP contribution is 2.25. The molecule has 0 aliphatic carbocycles. The lowest BCUT2D eigenvalue weighted by Gasteiger charge is -2.19. The Labute approximate surface area is 149 Å². The summed E-state index contributed by atoms with van der Waals surface area (Å²) in [6.45, 7) is 6.02. The summed E-state index contributed by atoms with van der Waals surface area (Å²) in [6.07, 6.45) is 3.75. The largest absolute Gasteiger partial charge is 0.496 e. The van der Waals surface area contributed by atoms with Gasteiger partial charge in [0.25, 0.3) is 0 Å². The Kier molecular flexibility index (Phi) is 5.19. The third kappa shape index (κ3) is 4.09. The van der Waals surface area contributed by atoms with Crippen LogP contribution in [0, 0.1) is 13.8 Å². The van der Waals surface area contributed by atoms with Gasteiger partial charge in [-0.25, -0.2) is 4.68 Å². The van der Waals surface area contributed by atoms with Gasteiger partial charge in [-0.05, 0) is 61.3 Å². The van der Waals surface area contributed by atoms with E-state index in [1.807, 2.05) is 16.9 Å². The average Bonchev–Trinajstić information content (AvgIpc) is 3.09. The minimum Gasteiger partial charge on any atom is -0.496 e. The smallest absolute Gasteiger partial charge is 0.124 e. The van der Waals surface area contributed by atoms with Crippen molar-refractivity contribution in [3.8, 4) is 11.4 Å². The van der Waals surface area contributed by atoms with E-state index in [0.29, 0.717) is 0 Å². The number of hydrogen-bond acceptors (Lipinski definition) is 3. The first kappa shape index (κ1) is 17.2. The molecule has 0 saturated carbocycles. The summed E-state index contributed by atoms with van der Waals surface area (Å²) in [5.74, 6) is 0.987. The van der Waals surface area contributed by atoms with Gasteiger partial charge in [0.05, 0.1) is 12.8 Å². The van der Waals surface area contributed by atoms with Crippen LogP contribution in [0.5, 0.6) is 5.75 Å². The van der Waals surface area contributed by atoms with Gasteiger partial charge < -0.3 is 4.74 Å². The van der Waals surface area contributed by atoms with Gasteiger partial charge in [0.15, 0.2) is 0 Å². The quantitative estimate of drug-likeness (QED) is 0.678. The van der Waals surface area contributed by atoms with E-state index in [1.165, 1.54) is 22.3 Å². The van der Waals surface area contributed by atoms with Crippen molar-refractivity contribution in [2.45, 2.75) is 26.9 Å². The van der Waals surface area contributed by atoms with Gasteiger partial charge in [0.2, 0.25) is 0 Å². The molecule has 4 heteroatoms.